The van der Waals surface area contributed by atoms with Gasteiger partial charge in [0.25, 0.3) is 0 Å². The van der Waals surface area contributed by atoms with E-state index in [0.29, 0.717) is 6.42 Å². The molecule has 14 heavy (non-hydrogen) atoms. The van der Waals surface area contributed by atoms with Crippen molar-refractivity contribution in [2.75, 3.05) is 7.05 Å². The van der Waals surface area contributed by atoms with Crippen LogP contribution in [0.4, 0.5) is 0 Å². The molecule has 0 aromatic rings. The van der Waals surface area contributed by atoms with Crippen molar-refractivity contribution in [3.05, 3.63) is 36.1 Å². The molecule has 2 heteroatoms. The fraction of sp³-hybridized carbons (Fsp3) is 0.417. The fourth-order valence-corrected chi connectivity index (χ4v) is 1.70. The number of hydrogen-bond acceptors (Lipinski definition) is 1. The van der Waals surface area contributed by atoms with Gasteiger partial charge in [0.15, 0.2) is 0 Å². The summed E-state index contributed by atoms with van der Waals surface area (Å²) in [6.07, 6.45) is 8.27. The highest BCUT2D eigenvalue weighted by Gasteiger charge is 2.19. The van der Waals surface area contributed by atoms with Crippen LogP contribution in [0.15, 0.2) is 36.1 Å². The molecule has 0 saturated carbocycles. The molecule has 1 aliphatic heterocycles. The van der Waals surface area contributed by atoms with Gasteiger partial charge in [-0.25, -0.2) is 0 Å². The van der Waals surface area contributed by atoms with E-state index < -0.39 is 0 Å². The van der Waals surface area contributed by atoms with E-state index in [0.717, 1.165) is 18.5 Å². The maximum absolute atomic E-state index is 11.6. The third-order valence-electron chi connectivity index (χ3n) is 2.53. The van der Waals surface area contributed by atoms with Crippen molar-refractivity contribution in [2.45, 2.75) is 26.2 Å². The summed E-state index contributed by atoms with van der Waals surface area (Å²) in [5, 5.41) is 0. The van der Waals surface area contributed by atoms with E-state index in [-0.39, 0.29) is 5.91 Å². The maximum Gasteiger partial charge on any atom is 0.226 e. The minimum Gasteiger partial charge on any atom is -0.315 e. The van der Waals surface area contributed by atoms with Crippen molar-refractivity contribution in [3.8, 4) is 0 Å². The molecule has 0 N–H and O–H groups in total. The molecule has 76 valence electrons. The van der Waals surface area contributed by atoms with Gasteiger partial charge in [0.1, 0.15) is 0 Å². The molecular formula is C12H17NO. The van der Waals surface area contributed by atoms with Crippen molar-refractivity contribution in [3.63, 3.8) is 0 Å². The standard InChI is InChI=1S/C12H17NO/c1-4-7-11-10(5-2)8-6-9-12(14)13(11)3/h4-5,7H,1,6,8-9H2,2-3H3/b10-5-,11-7+. The molecule has 0 aromatic carbocycles. The number of likely N-dealkylation sites (tertiary alicyclic amines) is 1. The number of allylic oxidation sites excluding steroid dienone is 4. The first-order valence-electron chi connectivity index (χ1n) is 4.95. The Morgan fingerprint density at radius 1 is 1.43 bits per heavy atom. The normalized spacial score (nSPS) is 24.1. The smallest absolute Gasteiger partial charge is 0.226 e. The highest BCUT2D eigenvalue weighted by atomic mass is 16.2. The van der Waals surface area contributed by atoms with E-state index in [1.54, 1.807) is 11.0 Å². The number of rotatable bonds is 1. The predicted molar refractivity (Wildman–Crippen MR) is 58.7 cm³/mol. The molecule has 0 aromatic heterocycles. The van der Waals surface area contributed by atoms with Crippen LogP contribution in [0.2, 0.25) is 0 Å². The Labute approximate surface area is 85.6 Å². The van der Waals surface area contributed by atoms with Crippen LogP contribution in [0, 0.1) is 0 Å². The number of hydrogen-bond donors (Lipinski definition) is 0. The average molecular weight is 191 g/mol. The molecule has 1 fully saturated rings. The molecule has 1 rings (SSSR count). The van der Waals surface area contributed by atoms with Gasteiger partial charge in [0.2, 0.25) is 5.91 Å². The Kier molecular flexibility index (Phi) is 3.69. The van der Waals surface area contributed by atoms with Crippen LogP contribution >= 0.6 is 0 Å². The van der Waals surface area contributed by atoms with Crippen molar-refractivity contribution in [2.24, 2.45) is 0 Å². The van der Waals surface area contributed by atoms with E-state index in [2.05, 4.69) is 12.7 Å². The predicted octanol–water partition coefficient (Wildman–Crippen LogP) is 2.64. The Bertz CT molecular complexity index is 299. The van der Waals surface area contributed by atoms with Gasteiger partial charge in [0.05, 0.1) is 0 Å². The van der Waals surface area contributed by atoms with Crippen molar-refractivity contribution in [1.29, 1.82) is 0 Å². The molecule has 2 nitrogen and oxygen atoms in total. The second-order valence-corrected chi connectivity index (χ2v) is 3.41. The lowest BCUT2D eigenvalue weighted by atomic mass is 10.1. The van der Waals surface area contributed by atoms with Gasteiger partial charge in [-0.15, -0.1) is 0 Å². The molecule has 0 aliphatic carbocycles. The first-order valence-corrected chi connectivity index (χ1v) is 4.95. The fourth-order valence-electron chi connectivity index (χ4n) is 1.70. The van der Waals surface area contributed by atoms with Crippen molar-refractivity contribution < 1.29 is 4.79 Å². The van der Waals surface area contributed by atoms with E-state index in [1.807, 2.05) is 20.0 Å². The van der Waals surface area contributed by atoms with Crippen molar-refractivity contribution >= 4 is 5.91 Å². The largest absolute Gasteiger partial charge is 0.315 e. The van der Waals surface area contributed by atoms with Gasteiger partial charge in [-0.2, -0.15) is 0 Å². The van der Waals surface area contributed by atoms with E-state index in [1.165, 1.54) is 5.57 Å². The minimum absolute atomic E-state index is 0.190. The van der Waals surface area contributed by atoms with Crippen LogP contribution in [0.5, 0.6) is 0 Å². The average Bonchev–Trinajstić information content (AvgIpc) is 2.31. The quantitative estimate of drug-likeness (QED) is 0.624. The zero-order valence-electron chi connectivity index (χ0n) is 8.92. The molecular weight excluding hydrogens is 174 g/mol. The van der Waals surface area contributed by atoms with Gasteiger partial charge >= 0.3 is 0 Å². The number of likely N-dealkylation sites (N-methyl/N-ethyl adjacent to an activating group) is 1. The number of carbonyl (C=O) groups excluding carboxylic acids is 1. The molecule has 1 heterocycles. The summed E-state index contributed by atoms with van der Waals surface area (Å²) in [5.74, 6) is 0.190. The summed E-state index contributed by atoms with van der Waals surface area (Å²) >= 11 is 0. The highest BCUT2D eigenvalue weighted by Crippen LogP contribution is 2.24. The molecule has 0 radical (unpaired) electrons. The van der Waals surface area contributed by atoms with Crippen LogP contribution in [-0.4, -0.2) is 17.9 Å². The summed E-state index contributed by atoms with van der Waals surface area (Å²) in [5.41, 5.74) is 2.23. The van der Waals surface area contributed by atoms with Crippen LogP contribution in [0.25, 0.3) is 0 Å². The van der Waals surface area contributed by atoms with Gasteiger partial charge in [-0.1, -0.05) is 18.7 Å². The van der Waals surface area contributed by atoms with Gasteiger partial charge in [-0.05, 0) is 31.4 Å². The zero-order chi connectivity index (χ0) is 10.6. The Hall–Kier alpha value is -1.31. The van der Waals surface area contributed by atoms with Crippen LogP contribution < -0.4 is 0 Å². The minimum atomic E-state index is 0.190. The highest BCUT2D eigenvalue weighted by molar-refractivity contribution is 5.79. The Morgan fingerprint density at radius 3 is 2.71 bits per heavy atom. The molecule has 1 amide bonds. The molecule has 0 bridgehead atoms. The summed E-state index contributed by atoms with van der Waals surface area (Å²) < 4.78 is 0. The molecule has 0 spiro atoms. The number of amides is 1. The summed E-state index contributed by atoms with van der Waals surface area (Å²) in [7, 11) is 1.83. The van der Waals surface area contributed by atoms with Crippen molar-refractivity contribution in [1.82, 2.24) is 4.90 Å². The third kappa shape index (κ3) is 2.13. The van der Waals surface area contributed by atoms with Gasteiger partial charge in [0, 0.05) is 19.2 Å². The summed E-state index contributed by atoms with van der Waals surface area (Å²) in [6, 6.07) is 0. The lowest BCUT2D eigenvalue weighted by Crippen LogP contribution is -2.24. The Balaban J connectivity index is 3.06. The van der Waals surface area contributed by atoms with E-state index >= 15 is 0 Å². The van der Waals surface area contributed by atoms with E-state index in [4.69, 9.17) is 0 Å². The second kappa shape index (κ2) is 4.80. The van der Waals surface area contributed by atoms with Gasteiger partial charge < -0.3 is 4.90 Å². The third-order valence-corrected chi connectivity index (χ3v) is 2.53. The van der Waals surface area contributed by atoms with Crippen LogP contribution in [0.3, 0.4) is 0 Å². The Morgan fingerprint density at radius 2 is 2.14 bits per heavy atom. The summed E-state index contributed by atoms with van der Waals surface area (Å²) in [4.78, 5) is 13.3. The molecule has 1 saturated heterocycles. The first kappa shape index (κ1) is 10.8. The lowest BCUT2D eigenvalue weighted by Gasteiger charge is -2.19. The van der Waals surface area contributed by atoms with E-state index in [9.17, 15) is 4.79 Å². The molecule has 0 unspecified atom stereocenters. The molecule has 1 aliphatic rings. The van der Waals surface area contributed by atoms with Crippen LogP contribution in [-0.2, 0) is 4.79 Å². The van der Waals surface area contributed by atoms with Crippen LogP contribution in [0.1, 0.15) is 26.2 Å². The summed E-state index contributed by atoms with van der Waals surface area (Å²) in [6.45, 7) is 5.68. The maximum atomic E-state index is 11.6. The SMILES string of the molecule is C=C/C=C1\C(=C/C)CCCC(=O)N1C. The number of carbonyl (C=O) groups is 1. The molecule has 0 atom stereocenters. The second-order valence-electron chi connectivity index (χ2n) is 3.41. The first-order chi connectivity index (χ1) is 6.70. The van der Waals surface area contributed by atoms with Gasteiger partial charge in [-0.3, -0.25) is 4.79 Å². The topological polar surface area (TPSA) is 20.3 Å². The lowest BCUT2D eigenvalue weighted by molar-refractivity contribution is -0.127. The monoisotopic (exact) mass is 191 g/mol. The number of nitrogens with zero attached hydrogens (tertiary/aromatic N) is 1. The zero-order valence-corrected chi connectivity index (χ0v) is 8.92.